The molecule has 3 aromatic rings. The Bertz CT molecular complexity index is 1530. The Hall–Kier alpha value is -3.31. The Morgan fingerprint density at radius 1 is 0.976 bits per heavy atom. The van der Waals surface area contributed by atoms with Gasteiger partial charge in [-0.3, -0.25) is 9.59 Å². The van der Waals surface area contributed by atoms with Crippen LogP contribution in [0.2, 0.25) is 0 Å². The minimum Gasteiger partial charge on any atom is -0.463 e. The summed E-state index contributed by atoms with van der Waals surface area (Å²) in [6, 6.07) is 9.13. The fourth-order valence-electron chi connectivity index (χ4n) is 6.42. The maximum Gasteiger partial charge on any atom is 0.494 e. The number of hydrogen-bond donors (Lipinski definition) is 0. The topological polar surface area (TPSA) is 82.9 Å². The maximum atomic E-state index is 14.3. The number of carbonyl (C=O) groups is 2. The summed E-state index contributed by atoms with van der Waals surface area (Å²) in [6.45, 7) is 9.46. The molecule has 1 aromatic heterocycles. The Kier molecular flexibility index (Phi) is 7.16. The lowest BCUT2D eigenvalue weighted by molar-refractivity contribution is -0.148. The minimum atomic E-state index is -1.00. The van der Waals surface area contributed by atoms with Gasteiger partial charge < -0.3 is 23.5 Å². The van der Waals surface area contributed by atoms with Gasteiger partial charge in [0.05, 0.1) is 28.3 Å². The van der Waals surface area contributed by atoms with E-state index < -0.39 is 36.0 Å². The zero-order valence-electron chi connectivity index (χ0n) is 24.7. The summed E-state index contributed by atoms with van der Waals surface area (Å²) < 4.78 is 48.3. The highest BCUT2D eigenvalue weighted by molar-refractivity contribution is 6.62. The number of fused-ring (bicyclic) bond motifs is 1. The standard InChI is InChI=1S/C31H36BF2N3O5/c1-18(38)40-22-10-7-20(8-11-22)37-26-13-6-19(32-41-30(2,3)31(4,5)42-32)16-25(26)35-29(37)27-14-15-28(39)36(27)21-9-12-23(33)24(34)17-21/h6,9,12-13,16-17,20,22,27H,7-8,10-11,14-15H2,1-5H3/t20-,22-,27-/m0/s1. The van der Waals surface area contributed by atoms with Crippen molar-refractivity contribution in [2.24, 2.45) is 0 Å². The number of amides is 1. The molecule has 222 valence electrons. The first-order valence-electron chi connectivity index (χ1n) is 14.7. The number of anilines is 1. The van der Waals surface area contributed by atoms with Gasteiger partial charge in [-0.15, -0.1) is 0 Å². The van der Waals surface area contributed by atoms with E-state index in [0.29, 0.717) is 30.8 Å². The number of carbonyl (C=O) groups excluding carboxylic acids is 2. The molecule has 3 heterocycles. The van der Waals surface area contributed by atoms with E-state index in [1.165, 1.54) is 13.0 Å². The third-order valence-corrected chi connectivity index (χ3v) is 9.30. The third-order valence-electron chi connectivity index (χ3n) is 9.30. The highest BCUT2D eigenvalue weighted by atomic mass is 19.2. The summed E-state index contributed by atoms with van der Waals surface area (Å²) in [5, 5.41) is 0. The highest BCUT2D eigenvalue weighted by Crippen LogP contribution is 2.42. The largest absolute Gasteiger partial charge is 0.494 e. The van der Waals surface area contributed by atoms with Gasteiger partial charge in [0, 0.05) is 31.1 Å². The zero-order chi connectivity index (χ0) is 30.0. The molecule has 42 heavy (non-hydrogen) atoms. The van der Waals surface area contributed by atoms with E-state index in [1.807, 2.05) is 45.9 Å². The van der Waals surface area contributed by atoms with Gasteiger partial charge in [0.2, 0.25) is 5.91 Å². The molecule has 1 aliphatic carbocycles. The molecular weight excluding hydrogens is 543 g/mol. The molecule has 1 atom stereocenters. The average molecular weight is 579 g/mol. The lowest BCUT2D eigenvalue weighted by Gasteiger charge is -2.32. The van der Waals surface area contributed by atoms with Crippen molar-refractivity contribution in [2.45, 2.75) is 103 Å². The first-order valence-corrected chi connectivity index (χ1v) is 14.7. The highest BCUT2D eigenvalue weighted by Gasteiger charge is 2.52. The van der Waals surface area contributed by atoms with Gasteiger partial charge in [0.15, 0.2) is 11.6 Å². The van der Waals surface area contributed by atoms with Crippen LogP contribution >= 0.6 is 0 Å². The van der Waals surface area contributed by atoms with Crippen molar-refractivity contribution in [2.75, 3.05) is 4.90 Å². The molecule has 6 rings (SSSR count). The van der Waals surface area contributed by atoms with Crippen molar-refractivity contribution >= 4 is 41.2 Å². The number of benzene rings is 2. The summed E-state index contributed by atoms with van der Waals surface area (Å²) in [7, 11) is -0.557. The van der Waals surface area contributed by atoms with Gasteiger partial charge in [-0.25, -0.2) is 13.8 Å². The second-order valence-electron chi connectivity index (χ2n) is 12.6. The van der Waals surface area contributed by atoms with Crippen LogP contribution in [0.5, 0.6) is 0 Å². The van der Waals surface area contributed by atoms with Crippen LogP contribution in [-0.4, -0.2) is 45.9 Å². The van der Waals surface area contributed by atoms with Crippen molar-refractivity contribution < 1.29 is 32.4 Å². The van der Waals surface area contributed by atoms with E-state index in [4.69, 9.17) is 19.0 Å². The van der Waals surface area contributed by atoms with E-state index in [-0.39, 0.29) is 30.4 Å². The fourth-order valence-corrected chi connectivity index (χ4v) is 6.42. The quantitative estimate of drug-likeness (QED) is 0.292. The Balaban J connectivity index is 1.41. The number of ether oxygens (including phenoxy) is 1. The number of rotatable bonds is 5. The number of aromatic nitrogens is 2. The predicted molar refractivity (Wildman–Crippen MR) is 154 cm³/mol. The zero-order valence-corrected chi connectivity index (χ0v) is 24.7. The molecule has 3 fully saturated rings. The number of hydrogen-bond acceptors (Lipinski definition) is 6. The van der Waals surface area contributed by atoms with E-state index in [1.54, 1.807) is 4.90 Å². The van der Waals surface area contributed by atoms with Crippen LogP contribution in [0.15, 0.2) is 36.4 Å². The average Bonchev–Trinajstić information content (AvgIpc) is 3.55. The van der Waals surface area contributed by atoms with E-state index >= 15 is 0 Å². The molecule has 0 unspecified atom stereocenters. The maximum absolute atomic E-state index is 14.3. The molecule has 8 nitrogen and oxygen atoms in total. The Labute approximate surface area is 244 Å². The van der Waals surface area contributed by atoms with Crippen LogP contribution in [0.3, 0.4) is 0 Å². The Morgan fingerprint density at radius 2 is 1.67 bits per heavy atom. The molecule has 1 saturated carbocycles. The molecule has 0 radical (unpaired) electrons. The van der Waals surface area contributed by atoms with Crippen molar-refractivity contribution in [3.8, 4) is 0 Å². The van der Waals surface area contributed by atoms with Gasteiger partial charge in [0.1, 0.15) is 11.9 Å². The van der Waals surface area contributed by atoms with Crippen molar-refractivity contribution in [3.63, 3.8) is 0 Å². The molecular formula is C31H36BF2N3O5. The van der Waals surface area contributed by atoms with Crippen LogP contribution in [0.1, 0.15) is 91.1 Å². The van der Waals surface area contributed by atoms with Gasteiger partial charge in [-0.2, -0.15) is 0 Å². The van der Waals surface area contributed by atoms with Crippen molar-refractivity contribution in [1.82, 2.24) is 9.55 Å². The van der Waals surface area contributed by atoms with Gasteiger partial charge in [0.25, 0.3) is 0 Å². The van der Waals surface area contributed by atoms with Gasteiger partial charge in [-0.05, 0) is 89.5 Å². The Morgan fingerprint density at radius 3 is 2.31 bits per heavy atom. The summed E-state index contributed by atoms with van der Waals surface area (Å²) in [4.78, 5) is 31.3. The first-order chi connectivity index (χ1) is 19.8. The number of imidazole rings is 1. The number of esters is 1. The molecule has 2 aromatic carbocycles. The smallest absolute Gasteiger partial charge is 0.463 e. The molecule has 0 N–H and O–H groups in total. The van der Waals surface area contributed by atoms with E-state index in [9.17, 15) is 18.4 Å². The molecule has 11 heteroatoms. The molecule has 3 aliphatic rings. The van der Waals surface area contributed by atoms with Crippen LogP contribution in [0.25, 0.3) is 11.0 Å². The second-order valence-corrected chi connectivity index (χ2v) is 12.6. The van der Waals surface area contributed by atoms with Crippen LogP contribution in [0, 0.1) is 11.6 Å². The van der Waals surface area contributed by atoms with E-state index in [2.05, 4.69) is 4.57 Å². The van der Waals surface area contributed by atoms with E-state index in [0.717, 1.165) is 41.5 Å². The predicted octanol–water partition coefficient (Wildman–Crippen LogP) is 5.53. The van der Waals surface area contributed by atoms with Crippen molar-refractivity contribution in [1.29, 1.82) is 0 Å². The molecule has 2 aliphatic heterocycles. The molecule has 1 amide bonds. The summed E-state index contributed by atoms with van der Waals surface area (Å²) in [5.74, 6) is -1.72. The van der Waals surface area contributed by atoms with Gasteiger partial charge in [-0.1, -0.05) is 6.07 Å². The number of halogens is 2. The lowest BCUT2D eigenvalue weighted by Crippen LogP contribution is -2.41. The molecule has 2 saturated heterocycles. The minimum absolute atomic E-state index is 0.0574. The van der Waals surface area contributed by atoms with Crippen LogP contribution < -0.4 is 10.4 Å². The molecule has 0 bridgehead atoms. The SMILES string of the molecule is CC(=O)O[C@H]1CC[C@H](n2c([C@@H]3CCC(=O)N3c3ccc(F)c(F)c3)nc3cc(B4OC(C)(C)C(C)(C)O4)ccc32)CC1. The van der Waals surface area contributed by atoms with Crippen LogP contribution in [0.4, 0.5) is 14.5 Å². The fraction of sp³-hybridized carbons (Fsp3) is 0.516. The summed E-state index contributed by atoms with van der Waals surface area (Å²) >= 11 is 0. The number of nitrogens with zero attached hydrogens (tertiary/aromatic N) is 3. The summed E-state index contributed by atoms with van der Waals surface area (Å²) in [6.07, 6.45) is 3.60. The van der Waals surface area contributed by atoms with Crippen molar-refractivity contribution in [3.05, 3.63) is 53.9 Å². The lowest BCUT2D eigenvalue weighted by atomic mass is 9.79. The summed E-state index contributed by atoms with van der Waals surface area (Å²) in [5.41, 5.74) is 1.81. The van der Waals surface area contributed by atoms with Gasteiger partial charge >= 0.3 is 13.1 Å². The molecule has 0 spiro atoms. The normalized spacial score (nSPS) is 25.4. The first kappa shape index (κ1) is 28.8. The monoisotopic (exact) mass is 579 g/mol. The van der Waals surface area contributed by atoms with Crippen LogP contribution in [-0.2, 0) is 23.6 Å². The second kappa shape index (κ2) is 10.4. The third kappa shape index (κ3) is 5.00.